The van der Waals surface area contributed by atoms with Gasteiger partial charge in [-0.2, -0.15) is 0 Å². The molecule has 0 heterocycles. The van der Waals surface area contributed by atoms with E-state index in [4.69, 9.17) is 0 Å². The normalized spacial score (nSPS) is 14.5. The minimum absolute atomic E-state index is 0.0449. The van der Waals surface area contributed by atoms with E-state index in [1.807, 2.05) is 13.8 Å². The summed E-state index contributed by atoms with van der Waals surface area (Å²) < 4.78 is 0. The average Bonchev–Trinajstić information content (AvgIpc) is 1.95. The maximum atomic E-state index is 12.0. The van der Waals surface area contributed by atoms with E-state index < -0.39 is 0 Å². The molecule has 0 aromatic carbocycles. The van der Waals surface area contributed by atoms with Crippen molar-refractivity contribution in [2.75, 3.05) is 0 Å². The first kappa shape index (κ1) is 14.5. The summed E-state index contributed by atoms with van der Waals surface area (Å²) in [5.74, 6) is 0.873. The SMILES string of the molecule is CC(C)CC(C(=O)NC(C)C)C(C)(C)C. The maximum Gasteiger partial charge on any atom is 0.223 e. The van der Waals surface area contributed by atoms with E-state index in [1.54, 1.807) is 0 Å². The molecule has 0 aromatic rings. The Hall–Kier alpha value is -0.530. The zero-order valence-electron chi connectivity index (χ0n) is 11.3. The third-order valence-electron chi connectivity index (χ3n) is 2.50. The van der Waals surface area contributed by atoms with Gasteiger partial charge >= 0.3 is 0 Å². The molecule has 0 bridgehead atoms. The molecule has 2 heteroatoms. The second-order valence-electron chi connectivity index (χ2n) is 6.21. The van der Waals surface area contributed by atoms with Crippen LogP contribution in [0.1, 0.15) is 54.9 Å². The molecule has 0 rings (SSSR count). The van der Waals surface area contributed by atoms with Gasteiger partial charge < -0.3 is 5.32 Å². The highest BCUT2D eigenvalue weighted by molar-refractivity contribution is 5.79. The summed E-state index contributed by atoms with van der Waals surface area (Å²) in [6, 6.07) is 0.231. The maximum absolute atomic E-state index is 12.0. The van der Waals surface area contributed by atoms with E-state index in [-0.39, 0.29) is 23.3 Å². The zero-order valence-corrected chi connectivity index (χ0v) is 11.3. The molecule has 0 aliphatic rings. The summed E-state index contributed by atoms with van der Waals surface area (Å²) in [6.07, 6.45) is 0.960. The summed E-state index contributed by atoms with van der Waals surface area (Å²) in [7, 11) is 0. The molecule has 0 aliphatic carbocycles. The second-order valence-corrected chi connectivity index (χ2v) is 6.21. The molecule has 15 heavy (non-hydrogen) atoms. The van der Waals surface area contributed by atoms with Crippen molar-refractivity contribution in [3.05, 3.63) is 0 Å². The highest BCUT2D eigenvalue weighted by atomic mass is 16.1. The van der Waals surface area contributed by atoms with Crippen molar-refractivity contribution in [3.8, 4) is 0 Å². The van der Waals surface area contributed by atoms with Crippen LogP contribution in [0.5, 0.6) is 0 Å². The van der Waals surface area contributed by atoms with E-state index in [1.165, 1.54) is 0 Å². The van der Waals surface area contributed by atoms with Crippen LogP contribution in [-0.4, -0.2) is 11.9 Å². The molecule has 0 aromatic heterocycles. The lowest BCUT2D eigenvalue weighted by Gasteiger charge is -2.31. The minimum atomic E-state index is 0.0449. The molecule has 0 radical (unpaired) electrons. The molecule has 1 unspecified atom stereocenters. The van der Waals surface area contributed by atoms with Crippen molar-refractivity contribution >= 4 is 5.91 Å². The fourth-order valence-corrected chi connectivity index (χ4v) is 1.71. The molecule has 0 aliphatic heterocycles. The van der Waals surface area contributed by atoms with Crippen LogP contribution in [0.4, 0.5) is 0 Å². The highest BCUT2D eigenvalue weighted by Crippen LogP contribution is 2.31. The molecule has 0 spiro atoms. The van der Waals surface area contributed by atoms with Crippen molar-refractivity contribution in [1.29, 1.82) is 0 Å². The molecular weight excluding hydrogens is 186 g/mol. The van der Waals surface area contributed by atoms with Crippen molar-refractivity contribution in [2.45, 2.75) is 60.9 Å². The molecule has 1 atom stereocenters. The van der Waals surface area contributed by atoms with E-state index in [2.05, 4.69) is 39.9 Å². The average molecular weight is 213 g/mol. The van der Waals surface area contributed by atoms with Gasteiger partial charge in [0.1, 0.15) is 0 Å². The fraction of sp³-hybridized carbons (Fsp3) is 0.923. The number of carbonyl (C=O) groups excluding carboxylic acids is 1. The summed E-state index contributed by atoms with van der Waals surface area (Å²) in [4.78, 5) is 12.0. The van der Waals surface area contributed by atoms with E-state index in [0.717, 1.165) is 6.42 Å². The van der Waals surface area contributed by atoms with Crippen LogP contribution in [0.25, 0.3) is 0 Å². The van der Waals surface area contributed by atoms with E-state index in [9.17, 15) is 4.79 Å². The number of amides is 1. The predicted molar refractivity (Wildman–Crippen MR) is 65.7 cm³/mol. The molecule has 1 amide bonds. The third-order valence-corrected chi connectivity index (χ3v) is 2.50. The smallest absolute Gasteiger partial charge is 0.223 e. The monoisotopic (exact) mass is 213 g/mol. The first-order chi connectivity index (χ1) is 6.64. The Kier molecular flexibility index (Phi) is 5.33. The van der Waals surface area contributed by atoms with Gasteiger partial charge in [0.05, 0.1) is 0 Å². The molecular formula is C13H27NO. The van der Waals surface area contributed by atoms with Crippen molar-refractivity contribution < 1.29 is 4.79 Å². The standard InChI is InChI=1S/C13H27NO/c1-9(2)8-11(13(5,6)7)12(15)14-10(3)4/h9-11H,8H2,1-7H3,(H,14,15). The van der Waals surface area contributed by atoms with Gasteiger partial charge in [0.25, 0.3) is 0 Å². The largest absolute Gasteiger partial charge is 0.354 e. The lowest BCUT2D eigenvalue weighted by Crippen LogP contribution is -2.41. The predicted octanol–water partition coefficient (Wildman–Crippen LogP) is 3.22. The van der Waals surface area contributed by atoms with Crippen LogP contribution >= 0.6 is 0 Å². The number of carbonyl (C=O) groups is 1. The van der Waals surface area contributed by atoms with Crippen LogP contribution < -0.4 is 5.32 Å². The number of hydrogen-bond acceptors (Lipinski definition) is 1. The fourth-order valence-electron chi connectivity index (χ4n) is 1.71. The van der Waals surface area contributed by atoms with Crippen molar-refractivity contribution in [1.82, 2.24) is 5.32 Å². The zero-order chi connectivity index (χ0) is 12.2. The highest BCUT2D eigenvalue weighted by Gasteiger charge is 2.31. The Labute approximate surface area is 94.8 Å². The van der Waals surface area contributed by atoms with Gasteiger partial charge in [-0.25, -0.2) is 0 Å². The van der Waals surface area contributed by atoms with E-state index in [0.29, 0.717) is 5.92 Å². The minimum Gasteiger partial charge on any atom is -0.354 e. The Morgan fingerprint density at radius 2 is 1.60 bits per heavy atom. The Bertz CT molecular complexity index is 201. The Morgan fingerprint density at radius 1 is 1.13 bits per heavy atom. The lowest BCUT2D eigenvalue weighted by molar-refractivity contribution is -0.129. The lowest BCUT2D eigenvalue weighted by atomic mass is 9.75. The summed E-state index contributed by atoms with van der Waals surface area (Å²) in [5.41, 5.74) is 0.0449. The Morgan fingerprint density at radius 3 is 1.87 bits per heavy atom. The van der Waals surface area contributed by atoms with Gasteiger partial charge in [-0.05, 0) is 31.6 Å². The topological polar surface area (TPSA) is 29.1 Å². The van der Waals surface area contributed by atoms with Gasteiger partial charge in [-0.1, -0.05) is 34.6 Å². The summed E-state index contributed by atoms with van der Waals surface area (Å²) in [6.45, 7) is 14.8. The third kappa shape index (κ3) is 5.81. The van der Waals surface area contributed by atoms with Gasteiger partial charge in [-0.3, -0.25) is 4.79 Å². The molecule has 2 nitrogen and oxygen atoms in total. The Balaban J connectivity index is 4.56. The summed E-state index contributed by atoms with van der Waals surface area (Å²) in [5, 5.41) is 3.02. The van der Waals surface area contributed by atoms with Crippen LogP contribution in [-0.2, 0) is 4.79 Å². The molecule has 0 saturated heterocycles. The molecule has 0 fully saturated rings. The van der Waals surface area contributed by atoms with Crippen LogP contribution in [0.2, 0.25) is 0 Å². The first-order valence-electron chi connectivity index (χ1n) is 5.95. The van der Waals surface area contributed by atoms with Crippen LogP contribution in [0.15, 0.2) is 0 Å². The van der Waals surface area contributed by atoms with Crippen molar-refractivity contribution in [2.24, 2.45) is 17.3 Å². The summed E-state index contributed by atoms with van der Waals surface area (Å²) >= 11 is 0. The van der Waals surface area contributed by atoms with Gasteiger partial charge in [0, 0.05) is 12.0 Å². The number of hydrogen-bond donors (Lipinski definition) is 1. The number of rotatable bonds is 4. The quantitative estimate of drug-likeness (QED) is 0.763. The second kappa shape index (κ2) is 5.53. The molecule has 90 valence electrons. The van der Waals surface area contributed by atoms with Crippen LogP contribution in [0, 0.1) is 17.3 Å². The number of nitrogens with one attached hydrogen (secondary N) is 1. The van der Waals surface area contributed by atoms with E-state index >= 15 is 0 Å². The molecule has 0 saturated carbocycles. The first-order valence-corrected chi connectivity index (χ1v) is 5.95. The van der Waals surface area contributed by atoms with Gasteiger partial charge in [-0.15, -0.1) is 0 Å². The van der Waals surface area contributed by atoms with Crippen molar-refractivity contribution in [3.63, 3.8) is 0 Å². The van der Waals surface area contributed by atoms with Gasteiger partial charge in [0.15, 0.2) is 0 Å². The molecule has 1 N–H and O–H groups in total. The van der Waals surface area contributed by atoms with Crippen LogP contribution in [0.3, 0.4) is 0 Å². The van der Waals surface area contributed by atoms with Gasteiger partial charge in [0.2, 0.25) is 5.91 Å².